The second kappa shape index (κ2) is 7.91. The minimum atomic E-state index is -0.643. The van der Waals surface area contributed by atoms with Crippen molar-refractivity contribution >= 4 is 18.4 Å². The topological polar surface area (TPSA) is 49.3 Å². The SMILES string of the molecule is CCCNCC1(CC(=O)O)CCCCC1.Cl. The van der Waals surface area contributed by atoms with Gasteiger partial charge < -0.3 is 10.4 Å². The monoisotopic (exact) mass is 249 g/mol. The summed E-state index contributed by atoms with van der Waals surface area (Å²) in [7, 11) is 0. The minimum absolute atomic E-state index is 0. The molecule has 0 radical (unpaired) electrons. The second-order valence-electron chi connectivity index (χ2n) is 4.81. The summed E-state index contributed by atoms with van der Waals surface area (Å²) in [5.74, 6) is -0.643. The van der Waals surface area contributed by atoms with E-state index in [2.05, 4.69) is 12.2 Å². The van der Waals surface area contributed by atoms with Gasteiger partial charge in [0, 0.05) is 6.54 Å². The fourth-order valence-corrected chi connectivity index (χ4v) is 2.57. The van der Waals surface area contributed by atoms with Gasteiger partial charge in [0.05, 0.1) is 6.42 Å². The Labute approximate surface area is 104 Å². The van der Waals surface area contributed by atoms with Gasteiger partial charge in [-0.05, 0) is 31.2 Å². The van der Waals surface area contributed by atoms with E-state index in [1.165, 1.54) is 19.3 Å². The van der Waals surface area contributed by atoms with Gasteiger partial charge in [-0.25, -0.2) is 0 Å². The quantitative estimate of drug-likeness (QED) is 0.712. The van der Waals surface area contributed by atoms with E-state index in [0.717, 1.165) is 32.4 Å². The Balaban J connectivity index is 0.00000225. The van der Waals surface area contributed by atoms with Crippen LogP contribution in [0.2, 0.25) is 0 Å². The zero-order valence-corrected chi connectivity index (χ0v) is 10.9. The van der Waals surface area contributed by atoms with Gasteiger partial charge in [0.15, 0.2) is 0 Å². The fraction of sp³-hybridized carbons (Fsp3) is 0.917. The van der Waals surface area contributed by atoms with Crippen molar-refractivity contribution in [2.45, 2.75) is 51.9 Å². The van der Waals surface area contributed by atoms with Crippen LogP contribution in [-0.2, 0) is 4.79 Å². The number of halogens is 1. The van der Waals surface area contributed by atoms with Crippen molar-refractivity contribution in [2.24, 2.45) is 5.41 Å². The molecule has 0 unspecified atom stereocenters. The molecule has 0 spiro atoms. The van der Waals surface area contributed by atoms with Crippen LogP contribution in [0.5, 0.6) is 0 Å². The summed E-state index contributed by atoms with van der Waals surface area (Å²) in [6.45, 7) is 4.02. The highest BCUT2D eigenvalue weighted by Crippen LogP contribution is 2.38. The van der Waals surface area contributed by atoms with Crippen LogP contribution in [-0.4, -0.2) is 24.2 Å². The molecule has 1 fully saturated rings. The van der Waals surface area contributed by atoms with Crippen LogP contribution >= 0.6 is 12.4 Å². The number of rotatable bonds is 6. The highest BCUT2D eigenvalue weighted by atomic mass is 35.5. The van der Waals surface area contributed by atoms with E-state index in [0.29, 0.717) is 6.42 Å². The van der Waals surface area contributed by atoms with Gasteiger partial charge in [-0.3, -0.25) is 4.79 Å². The summed E-state index contributed by atoms with van der Waals surface area (Å²) in [5.41, 5.74) is 0.0409. The number of hydrogen-bond acceptors (Lipinski definition) is 2. The molecule has 16 heavy (non-hydrogen) atoms. The molecule has 0 aromatic rings. The molecule has 0 bridgehead atoms. The first-order chi connectivity index (χ1) is 7.18. The van der Waals surface area contributed by atoms with Gasteiger partial charge in [0.2, 0.25) is 0 Å². The Hall–Kier alpha value is -0.280. The molecular weight excluding hydrogens is 226 g/mol. The lowest BCUT2D eigenvalue weighted by Gasteiger charge is -2.36. The van der Waals surface area contributed by atoms with Crippen LogP contribution in [0.1, 0.15) is 51.9 Å². The molecule has 0 saturated heterocycles. The van der Waals surface area contributed by atoms with Gasteiger partial charge in [-0.15, -0.1) is 12.4 Å². The summed E-state index contributed by atoms with van der Waals surface area (Å²) in [6.07, 6.45) is 7.27. The highest BCUT2D eigenvalue weighted by Gasteiger charge is 2.33. The number of carbonyl (C=O) groups is 1. The molecule has 0 heterocycles. The number of carboxylic acids is 1. The van der Waals surface area contributed by atoms with Crippen LogP contribution in [0.4, 0.5) is 0 Å². The lowest BCUT2D eigenvalue weighted by atomic mass is 9.71. The van der Waals surface area contributed by atoms with E-state index in [4.69, 9.17) is 5.11 Å². The largest absolute Gasteiger partial charge is 0.481 e. The lowest BCUT2D eigenvalue weighted by molar-refractivity contribution is -0.140. The molecule has 3 nitrogen and oxygen atoms in total. The van der Waals surface area contributed by atoms with Gasteiger partial charge in [-0.1, -0.05) is 26.2 Å². The first kappa shape index (κ1) is 15.7. The van der Waals surface area contributed by atoms with Crippen molar-refractivity contribution in [2.75, 3.05) is 13.1 Å². The maximum absolute atomic E-state index is 10.9. The van der Waals surface area contributed by atoms with Gasteiger partial charge in [-0.2, -0.15) is 0 Å². The highest BCUT2D eigenvalue weighted by molar-refractivity contribution is 5.85. The molecule has 96 valence electrons. The predicted molar refractivity (Wildman–Crippen MR) is 68.2 cm³/mol. The fourth-order valence-electron chi connectivity index (χ4n) is 2.57. The van der Waals surface area contributed by atoms with Gasteiger partial charge >= 0.3 is 5.97 Å². The van der Waals surface area contributed by atoms with Crippen LogP contribution in [0.3, 0.4) is 0 Å². The molecule has 1 rings (SSSR count). The van der Waals surface area contributed by atoms with Crippen LogP contribution in [0.15, 0.2) is 0 Å². The van der Waals surface area contributed by atoms with Crippen LogP contribution < -0.4 is 5.32 Å². The van der Waals surface area contributed by atoms with E-state index < -0.39 is 5.97 Å². The molecule has 0 amide bonds. The third-order valence-corrected chi connectivity index (χ3v) is 3.37. The summed E-state index contributed by atoms with van der Waals surface area (Å²) in [5, 5.41) is 12.3. The Morgan fingerprint density at radius 1 is 1.31 bits per heavy atom. The number of carboxylic acid groups (broad SMARTS) is 1. The Kier molecular flexibility index (Phi) is 7.77. The molecule has 1 aliphatic rings. The smallest absolute Gasteiger partial charge is 0.303 e. The van der Waals surface area contributed by atoms with Crippen molar-refractivity contribution in [1.29, 1.82) is 0 Å². The Morgan fingerprint density at radius 3 is 2.44 bits per heavy atom. The number of aliphatic carboxylic acids is 1. The summed E-state index contributed by atoms with van der Waals surface area (Å²) in [6, 6.07) is 0. The van der Waals surface area contributed by atoms with Crippen molar-refractivity contribution in [3.8, 4) is 0 Å². The van der Waals surface area contributed by atoms with Crippen molar-refractivity contribution in [1.82, 2.24) is 5.32 Å². The zero-order valence-electron chi connectivity index (χ0n) is 10.1. The second-order valence-corrected chi connectivity index (χ2v) is 4.81. The van der Waals surface area contributed by atoms with E-state index >= 15 is 0 Å². The third kappa shape index (κ3) is 5.17. The van der Waals surface area contributed by atoms with Crippen molar-refractivity contribution in [3.05, 3.63) is 0 Å². The van der Waals surface area contributed by atoms with Gasteiger partial charge in [0.25, 0.3) is 0 Å². The maximum atomic E-state index is 10.9. The average molecular weight is 250 g/mol. The average Bonchev–Trinajstić information content (AvgIpc) is 2.18. The Morgan fingerprint density at radius 2 is 1.94 bits per heavy atom. The van der Waals surface area contributed by atoms with E-state index in [1.54, 1.807) is 0 Å². The molecule has 0 aromatic heterocycles. The Bertz CT molecular complexity index is 203. The maximum Gasteiger partial charge on any atom is 0.303 e. The lowest BCUT2D eigenvalue weighted by Crippen LogP contribution is -2.38. The predicted octanol–water partition coefficient (Wildman–Crippen LogP) is 2.83. The molecule has 0 aromatic carbocycles. The molecule has 0 aliphatic heterocycles. The molecule has 4 heteroatoms. The normalized spacial score (nSPS) is 18.8. The first-order valence-corrected chi connectivity index (χ1v) is 6.11. The summed E-state index contributed by atoms with van der Waals surface area (Å²) in [4.78, 5) is 10.9. The van der Waals surface area contributed by atoms with Crippen LogP contribution in [0, 0.1) is 5.41 Å². The van der Waals surface area contributed by atoms with E-state index in [9.17, 15) is 4.79 Å². The molecule has 1 aliphatic carbocycles. The summed E-state index contributed by atoms with van der Waals surface area (Å²) < 4.78 is 0. The van der Waals surface area contributed by atoms with Crippen molar-refractivity contribution < 1.29 is 9.90 Å². The molecular formula is C12H24ClNO2. The third-order valence-electron chi connectivity index (χ3n) is 3.37. The molecule has 2 N–H and O–H groups in total. The first-order valence-electron chi connectivity index (χ1n) is 6.11. The molecule has 1 saturated carbocycles. The molecule has 0 atom stereocenters. The summed E-state index contributed by atoms with van der Waals surface area (Å²) >= 11 is 0. The minimum Gasteiger partial charge on any atom is -0.481 e. The zero-order chi connectivity index (χ0) is 11.1. The van der Waals surface area contributed by atoms with Gasteiger partial charge in [0.1, 0.15) is 0 Å². The van der Waals surface area contributed by atoms with E-state index in [1.807, 2.05) is 0 Å². The van der Waals surface area contributed by atoms with Crippen LogP contribution in [0.25, 0.3) is 0 Å². The number of nitrogens with one attached hydrogen (secondary N) is 1. The van der Waals surface area contributed by atoms with Crippen molar-refractivity contribution in [3.63, 3.8) is 0 Å². The van der Waals surface area contributed by atoms with E-state index in [-0.39, 0.29) is 17.8 Å². The number of hydrogen-bond donors (Lipinski definition) is 2. The standard InChI is InChI=1S/C12H23NO2.ClH/c1-2-8-13-10-12(9-11(14)15)6-4-3-5-7-12;/h13H,2-10H2,1H3,(H,14,15);1H.